The first-order chi connectivity index (χ1) is 18.1. The van der Waals surface area contributed by atoms with Crippen LogP contribution in [0.15, 0.2) is 61.1 Å². The van der Waals surface area contributed by atoms with Crippen molar-refractivity contribution in [2.45, 2.75) is 45.1 Å². The van der Waals surface area contributed by atoms with Crippen LogP contribution < -0.4 is 10.6 Å². The highest BCUT2D eigenvalue weighted by Gasteiger charge is 2.34. The third kappa shape index (κ3) is 4.03. The van der Waals surface area contributed by atoms with Crippen LogP contribution in [0.4, 0.5) is 5.82 Å². The Hall–Kier alpha value is -3.84. The summed E-state index contributed by atoms with van der Waals surface area (Å²) in [6.45, 7) is 6.63. The fraction of sp³-hybridized carbons (Fsp3) is 0.333. The Kier molecular flexibility index (Phi) is 5.22. The molecule has 2 fully saturated rings. The molecule has 1 aliphatic carbocycles. The van der Waals surface area contributed by atoms with Gasteiger partial charge in [-0.3, -0.25) is 4.98 Å². The van der Waals surface area contributed by atoms with Crippen molar-refractivity contribution in [3.8, 4) is 22.6 Å². The van der Waals surface area contributed by atoms with Gasteiger partial charge in [-0.25, -0.2) is 15.0 Å². The number of benzene rings is 1. The van der Waals surface area contributed by atoms with Crippen molar-refractivity contribution in [3.05, 3.63) is 66.6 Å². The van der Waals surface area contributed by atoms with E-state index in [-0.39, 0.29) is 5.41 Å². The van der Waals surface area contributed by atoms with Crippen molar-refractivity contribution in [1.82, 2.24) is 30.2 Å². The fourth-order valence-electron chi connectivity index (χ4n) is 5.64. The lowest BCUT2D eigenvalue weighted by molar-refractivity contribution is 0.236. The van der Waals surface area contributed by atoms with Crippen LogP contribution in [0.5, 0.6) is 0 Å². The van der Waals surface area contributed by atoms with E-state index in [9.17, 15) is 0 Å². The Morgan fingerprint density at radius 2 is 1.86 bits per heavy atom. The number of nitrogens with zero attached hydrogens (tertiary/aromatic N) is 4. The number of pyridine rings is 2. The van der Waals surface area contributed by atoms with Gasteiger partial charge in [0.15, 0.2) is 5.82 Å². The molecule has 0 radical (unpaired) electrons. The molecule has 0 amide bonds. The maximum Gasteiger partial charge on any atom is 0.163 e. The van der Waals surface area contributed by atoms with Crippen LogP contribution in [-0.4, -0.2) is 44.1 Å². The van der Waals surface area contributed by atoms with E-state index in [0.717, 1.165) is 64.1 Å². The number of nitrogens with one attached hydrogen (secondary N) is 3. The monoisotopic (exact) mass is 489 g/mol. The summed E-state index contributed by atoms with van der Waals surface area (Å²) in [7, 11) is 0. The summed E-state index contributed by atoms with van der Waals surface area (Å²) in [6.07, 6.45) is 9.20. The van der Waals surface area contributed by atoms with Gasteiger partial charge in [0.25, 0.3) is 0 Å². The number of fused-ring (bicyclic) bond motifs is 2. The summed E-state index contributed by atoms with van der Waals surface area (Å²) < 4.78 is 0. The second-order valence-electron chi connectivity index (χ2n) is 11.1. The number of rotatable bonds is 5. The summed E-state index contributed by atoms with van der Waals surface area (Å²) in [5, 5.41) is 9.57. The molecule has 7 rings (SSSR count). The van der Waals surface area contributed by atoms with Gasteiger partial charge in [-0.1, -0.05) is 44.2 Å². The number of hydrogen-bond donors (Lipinski definition) is 3. The Balaban J connectivity index is 1.40. The molecule has 5 heterocycles. The summed E-state index contributed by atoms with van der Waals surface area (Å²) in [5.74, 6) is 2.17. The van der Waals surface area contributed by atoms with Crippen molar-refractivity contribution < 1.29 is 0 Å². The second-order valence-corrected chi connectivity index (χ2v) is 11.1. The fourth-order valence-corrected chi connectivity index (χ4v) is 5.64. The van der Waals surface area contributed by atoms with Crippen molar-refractivity contribution in [1.29, 1.82) is 0 Å². The Labute approximate surface area is 216 Å². The van der Waals surface area contributed by atoms with E-state index in [0.29, 0.717) is 17.8 Å². The molecule has 186 valence electrons. The van der Waals surface area contributed by atoms with E-state index in [2.05, 4.69) is 57.6 Å². The van der Waals surface area contributed by atoms with Crippen molar-refractivity contribution in [3.63, 3.8) is 0 Å². The van der Waals surface area contributed by atoms with Crippen LogP contribution in [-0.2, 0) is 0 Å². The number of hydrogen-bond acceptors (Lipinski definition) is 6. The van der Waals surface area contributed by atoms with Gasteiger partial charge >= 0.3 is 0 Å². The maximum atomic E-state index is 5.22. The van der Waals surface area contributed by atoms with Crippen LogP contribution in [0.1, 0.15) is 44.6 Å². The Bertz CT molecular complexity index is 1600. The minimum atomic E-state index is 0.109. The van der Waals surface area contributed by atoms with Gasteiger partial charge < -0.3 is 15.6 Å². The summed E-state index contributed by atoms with van der Waals surface area (Å²) >= 11 is 0. The zero-order valence-corrected chi connectivity index (χ0v) is 21.3. The molecule has 7 heteroatoms. The molecule has 1 aliphatic heterocycles. The predicted molar refractivity (Wildman–Crippen MR) is 149 cm³/mol. The number of anilines is 1. The van der Waals surface area contributed by atoms with Gasteiger partial charge in [0, 0.05) is 47.0 Å². The summed E-state index contributed by atoms with van der Waals surface area (Å²) in [4.78, 5) is 23.0. The molecular weight excluding hydrogens is 458 g/mol. The molecule has 1 saturated heterocycles. The SMILES string of the molecule is CC1(C)CNCCC1Nc1nc(-c2ccnc3[nH]c(-c4ccccc4)cc23)nc2cncc(C3CC3)c12. The average molecular weight is 490 g/mol. The third-order valence-electron chi connectivity index (χ3n) is 7.96. The quantitative estimate of drug-likeness (QED) is 0.284. The molecule has 2 aliphatic rings. The minimum Gasteiger partial charge on any atom is -0.366 e. The van der Waals surface area contributed by atoms with E-state index in [1.165, 1.54) is 18.4 Å². The van der Waals surface area contributed by atoms with E-state index in [4.69, 9.17) is 9.97 Å². The molecule has 7 nitrogen and oxygen atoms in total. The molecule has 1 atom stereocenters. The lowest BCUT2D eigenvalue weighted by Crippen LogP contribution is -2.49. The molecule has 3 N–H and O–H groups in total. The molecule has 1 aromatic carbocycles. The minimum absolute atomic E-state index is 0.109. The zero-order valence-electron chi connectivity index (χ0n) is 21.3. The topological polar surface area (TPSA) is 91.4 Å². The van der Waals surface area contributed by atoms with Crippen molar-refractivity contribution >= 4 is 27.8 Å². The van der Waals surface area contributed by atoms with Gasteiger partial charge in [-0.2, -0.15) is 0 Å². The number of aromatic amines is 1. The highest BCUT2D eigenvalue weighted by molar-refractivity contribution is 5.98. The third-order valence-corrected chi connectivity index (χ3v) is 7.96. The zero-order chi connectivity index (χ0) is 25.0. The van der Waals surface area contributed by atoms with Crippen LogP contribution >= 0.6 is 0 Å². The smallest absolute Gasteiger partial charge is 0.163 e. The molecule has 0 spiro atoms. The van der Waals surface area contributed by atoms with E-state index < -0.39 is 0 Å². The van der Waals surface area contributed by atoms with Gasteiger partial charge in [0.1, 0.15) is 11.5 Å². The molecular formula is C30H31N7. The molecule has 37 heavy (non-hydrogen) atoms. The molecule has 1 unspecified atom stereocenters. The molecule has 4 aromatic heterocycles. The molecule has 5 aromatic rings. The van der Waals surface area contributed by atoms with Gasteiger partial charge in [-0.05, 0) is 60.4 Å². The first kappa shape index (κ1) is 22.4. The number of H-pyrrole nitrogens is 1. The lowest BCUT2D eigenvalue weighted by Gasteiger charge is -2.40. The van der Waals surface area contributed by atoms with Crippen molar-refractivity contribution in [2.24, 2.45) is 5.41 Å². The second kappa shape index (κ2) is 8.63. The van der Waals surface area contributed by atoms with Gasteiger partial charge in [0.05, 0.1) is 11.7 Å². The standard InChI is InChI=1S/C30H31N7/c1-30(2)17-31-12-11-25(30)36-29-26-22(18-8-9-18)15-32-16-24(26)35-28(37-29)20-10-13-33-27-21(20)14-23(34-27)19-6-4-3-5-7-19/h3-7,10,13-16,18,25,31H,8-9,11-12,17H2,1-2H3,(H,33,34)(H,35,36,37). The number of aromatic nitrogens is 5. The van der Waals surface area contributed by atoms with E-state index in [1.807, 2.05) is 42.9 Å². The van der Waals surface area contributed by atoms with E-state index in [1.54, 1.807) is 0 Å². The lowest BCUT2D eigenvalue weighted by atomic mass is 9.80. The predicted octanol–water partition coefficient (Wildman–Crippen LogP) is 5.91. The largest absolute Gasteiger partial charge is 0.366 e. The van der Waals surface area contributed by atoms with Gasteiger partial charge in [0.2, 0.25) is 0 Å². The van der Waals surface area contributed by atoms with E-state index >= 15 is 0 Å². The van der Waals surface area contributed by atoms with Crippen molar-refractivity contribution in [2.75, 3.05) is 18.4 Å². The first-order valence-corrected chi connectivity index (χ1v) is 13.2. The van der Waals surface area contributed by atoms with Gasteiger partial charge in [-0.15, -0.1) is 0 Å². The molecule has 1 saturated carbocycles. The Morgan fingerprint density at radius 3 is 2.68 bits per heavy atom. The van der Waals surface area contributed by atoms with Crippen LogP contribution in [0, 0.1) is 5.41 Å². The molecule has 0 bridgehead atoms. The van der Waals surface area contributed by atoms with Crippen LogP contribution in [0.25, 0.3) is 44.6 Å². The highest BCUT2D eigenvalue weighted by Crippen LogP contribution is 2.45. The first-order valence-electron chi connectivity index (χ1n) is 13.2. The van der Waals surface area contributed by atoms with Crippen LogP contribution in [0.3, 0.4) is 0 Å². The number of piperidine rings is 1. The highest BCUT2D eigenvalue weighted by atomic mass is 15.1. The summed E-state index contributed by atoms with van der Waals surface area (Å²) in [5.41, 5.74) is 6.23. The normalized spacial score (nSPS) is 19.4. The maximum absolute atomic E-state index is 5.22. The van der Waals surface area contributed by atoms with Crippen LogP contribution in [0.2, 0.25) is 0 Å². The average Bonchev–Trinajstić information content (AvgIpc) is 3.67. The summed E-state index contributed by atoms with van der Waals surface area (Å²) in [6, 6.07) is 14.8. The Morgan fingerprint density at radius 1 is 1.00 bits per heavy atom.